The van der Waals surface area contributed by atoms with Crippen LogP contribution in [0.3, 0.4) is 0 Å². The quantitative estimate of drug-likeness (QED) is 0.291. The van der Waals surface area contributed by atoms with Crippen molar-refractivity contribution in [3.8, 4) is 11.5 Å². The van der Waals surface area contributed by atoms with Crippen LogP contribution in [0.4, 0.5) is 0 Å². The summed E-state index contributed by atoms with van der Waals surface area (Å²) in [6.45, 7) is 1.81. The van der Waals surface area contributed by atoms with Crippen LogP contribution in [0.5, 0.6) is 11.5 Å². The topological polar surface area (TPSA) is 108 Å². The van der Waals surface area contributed by atoms with E-state index in [1.54, 1.807) is 60.7 Å². The molecular weight excluding hydrogens is 498 g/mol. The summed E-state index contributed by atoms with van der Waals surface area (Å²) in [4.78, 5) is 25.9. The molecule has 0 aliphatic heterocycles. The molecule has 0 fully saturated rings. The normalized spacial score (nSPS) is 12.2. The Balaban J connectivity index is 2.43. The number of aryl methyl sites for hydroxylation is 1. The fourth-order valence-electron chi connectivity index (χ4n) is 3.93. The summed E-state index contributed by atoms with van der Waals surface area (Å²) in [5, 5.41) is 0. The van der Waals surface area contributed by atoms with E-state index in [9.17, 15) is 18.0 Å². The lowest BCUT2D eigenvalue weighted by atomic mass is 9.96. The lowest BCUT2D eigenvalue weighted by Crippen LogP contribution is -2.52. The third-order valence-corrected chi connectivity index (χ3v) is 7.65. The first-order chi connectivity index (χ1) is 17.7. The molecule has 37 heavy (non-hydrogen) atoms. The second-order valence-corrected chi connectivity index (χ2v) is 9.86. The third-order valence-electron chi connectivity index (χ3n) is 5.80. The van der Waals surface area contributed by atoms with E-state index in [1.165, 1.54) is 26.4 Å². The molecule has 0 aliphatic rings. The number of benzene rings is 3. The van der Waals surface area contributed by atoms with Crippen molar-refractivity contribution in [3.05, 3.63) is 89.5 Å². The van der Waals surface area contributed by atoms with Gasteiger partial charge in [-0.25, -0.2) is 18.0 Å². The minimum atomic E-state index is -4.52. The number of nitrogens with zero attached hydrogens (tertiary/aromatic N) is 1. The Morgan fingerprint density at radius 2 is 1.38 bits per heavy atom. The van der Waals surface area contributed by atoms with E-state index in [2.05, 4.69) is 0 Å². The molecule has 1 atom stereocenters. The van der Waals surface area contributed by atoms with Gasteiger partial charge in [-0.1, -0.05) is 48.0 Å². The molecule has 3 rings (SSSR count). The summed E-state index contributed by atoms with van der Waals surface area (Å²) in [6.07, 6.45) is 0. The maximum Gasteiger partial charge on any atom is 0.335 e. The lowest BCUT2D eigenvalue weighted by Gasteiger charge is -2.35. The molecule has 0 bridgehead atoms. The van der Waals surface area contributed by atoms with Gasteiger partial charge >= 0.3 is 11.9 Å². The van der Waals surface area contributed by atoms with Crippen LogP contribution in [-0.4, -0.2) is 59.1 Å². The third kappa shape index (κ3) is 5.76. The molecule has 0 saturated heterocycles. The van der Waals surface area contributed by atoms with Crippen molar-refractivity contribution in [1.82, 2.24) is 4.31 Å². The van der Waals surface area contributed by atoms with E-state index in [-0.39, 0.29) is 10.6 Å². The van der Waals surface area contributed by atoms with Crippen molar-refractivity contribution in [2.24, 2.45) is 0 Å². The number of sulfonamides is 1. The van der Waals surface area contributed by atoms with E-state index in [0.717, 1.165) is 24.1 Å². The monoisotopic (exact) mass is 527 g/mol. The highest BCUT2D eigenvalue weighted by Gasteiger charge is 2.48. The van der Waals surface area contributed by atoms with Crippen LogP contribution >= 0.6 is 0 Å². The zero-order valence-electron chi connectivity index (χ0n) is 21.2. The Morgan fingerprint density at radius 1 is 0.784 bits per heavy atom. The summed E-state index contributed by atoms with van der Waals surface area (Å²) < 4.78 is 50.0. The van der Waals surface area contributed by atoms with Crippen LogP contribution in [0.2, 0.25) is 0 Å². The maximum absolute atomic E-state index is 14.3. The number of esters is 2. The van der Waals surface area contributed by atoms with Gasteiger partial charge in [0.1, 0.15) is 11.5 Å². The first-order valence-electron chi connectivity index (χ1n) is 11.2. The van der Waals surface area contributed by atoms with E-state index in [0.29, 0.717) is 16.9 Å². The summed E-state index contributed by atoms with van der Waals surface area (Å²) in [6, 6.07) is 16.4. The molecule has 3 aromatic carbocycles. The number of ether oxygens (including phenoxy) is 4. The predicted octanol–water partition coefficient (Wildman–Crippen LogP) is 3.51. The standard InChI is InChI=1S/C27H29NO8S/c1-18-11-14-21(15-12-18)37(31,32)28(25(26(29)35-4)27(30)36-5)24(19-9-7-6-8-10-19)22-16-13-20(33-2)17-23(22)34-3/h6-17,24-25H,1-5H3. The van der Waals surface area contributed by atoms with Gasteiger partial charge in [-0.05, 0) is 36.8 Å². The van der Waals surface area contributed by atoms with E-state index < -0.39 is 34.0 Å². The Labute approximate surface area is 216 Å². The van der Waals surface area contributed by atoms with E-state index in [1.807, 2.05) is 6.92 Å². The highest BCUT2D eigenvalue weighted by Crippen LogP contribution is 2.41. The SMILES string of the molecule is COC(=O)C(C(=O)OC)N(C(c1ccccc1)c1ccc(OC)cc1OC)S(=O)(=O)c1ccc(C)cc1. The second-order valence-electron chi connectivity index (χ2n) is 8.02. The first kappa shape index (κ1) is 27.7. The molecule has 0 radical (unpaired) electrons. The second kappa shape index (κ2) is 11.9. The Hall–Kier alpha value is -3.89. The zero-order chi connectivity index (χ0) is 27.2. The van der Waals surface area contributed by atoms with Gasteiger partial charge in [0.25, 0.3) is 0 Å². The predicted molar refractivity (Wildman–Crippen MR) is 136 cm³/mol. The fraction of sp³-hybridized carbons (Fsp3) is 0.259. The number of hydrogen-bond donors (Lipinski definition) is 0. The number of hydrogen-bond acceptors (Lipinski definition) is 8. The molecule has 1 unspecified atom stereocenters. The number of rotatable bonds is 10. The number of carbonyl (C=O) groups excluding carboxylic acids is 2. The number of methoxy groups -OCH3 is 4. The largest absolute Gasteiger partial charge is 0.497 e. The molecule has 0 spiro atoms. The van der Waals surface area contributed by atoms with Gasteiger partial charge in [0.05, 0.1) is 39.4 Å². The maximum atomic E-state index is 14.3. The highest BCUT2D eigenvalue weighted by molar-refractivity contribution is 7.89. The molecule has 196 valence electrons. The van der Waals surface area contributed by atoms with Crippen LogP contribution in [0.25, 0.3) is 0 Å². The van der Waals surface area contributed by atoms with Gasteiger partial charge in [-0.3, -0.25) is 0 Å². The average molecular weight is 528 g/mol. The molecule has 0 aliphatic carbocycles. The van der Waals surface area contributed by atoms with Crippen molar-refractivity contribution in [3.63, 3.8) is 0 Å². The molecule has 0 saturated carbocycles. The summed E-state index contributed by atoms with van der Waals surface area (Å²) in [5.74, 6) is -1.45. The number of carbonyl (C=O) groups is 2. The molecule has 9 nitrogen and oxygen atoms in total. The van der Waals surface area contributed by atoms with Crippen molar-refractivity contribution >= 4 is 22.0 Å². The van der Waals surface area contributed by atoms with Crippen molar-refractivity contribution in [1.29, 1.82) is 0 Å². The average Bonchev–Trinajstić information content (AvgIpc) is 2.92. The molecular formula is C27H29NO8S. The Morgan fingerprint density at radius 3 is 1.89 bits per heavy atom. The van der Waals surface area contributed by atoms with Crippen LogP contribution < -0.4 is 9.47 Å². The van der Waals surface area contributed by atoms with Gasteiger partial charge < -0.3 is 18.9 Å². The first-order valence-corrected chi connectivity index (χ1v) is 12.7. The van der Waals surface area contributed by atoms with Gasteiger partial charge in [-0.15, -0.1) is 0 Å². The van der Waals surface area contributed by atoms with Crippen molar-refractivity contribution in [2.75, 3.05) is 28.4 Å². The fourth-order valence-corrected chi connectivity index (χ4v) is 5.62. The highest BCUT2D eigenvalue weighted by atomic mass is 32.2. The molecule has 0 aromatic heterocycles. The zero-order valence-corrected chi connectivity index (χ0v) is 22.0. The van der Waals surface area contributed by atoms with E-state index >= 15 is 0 Å². The molecule has 0 heterocycles. The summed E-state index contributed by atoms with van der Waals surface area (Å²) in [5.41, 5.74) is 1.67. The van der Waals surface area contributed by atoms with Gasteiger partial charge in [-0.2, -0.15) is 4.31 Å². The Bertz CT molecular complexity index is 1320. The minimum absolute atomic E-state index is 0.121. The Kier molecular flexibility index (Phi) is 8.90. The minimum Gasteiger partial charge on any atom is -0.497 e. The van der Waals surface area contributed by atoms with Gasteiger partial charge in [0, 0.05) is 11.6 Å². The molecule has 0 N–H and O–H groups in total. The van der Waals surface area contributed by atoms with Gasteiger partial charge in [0.2, 0.25) is 16.1 Å². The summed E-state index contributed by atoms with van der Waals surface area (Å²) in [7, 11) is 0.537. The molecule has 0 amide bonds. The van der Waals surface area contributed by atoms with Crippen LogP contribution in [-0.2, 0) is 29.1 Å². The van der Waals surface area contributed by atoms with Crippen molar-refractivity contribution in [2.45, 2.75) is 23.9 Å². The molecule has 10 heteroatoms. The van der Waals surface area contributed by atoms with Crippen LogP contribution in [0.1, 0.15) is 22.7 Å². The van der Waals surface area contributed by atoms with Crippen LogP contribution in [0.15, 0.2) is 77.7 Å². The van der Waals surface area contributed by atoms with Crippen molar-refractivity contribution < 1.29 is 37.0 Å². The smallest absolute Gasteiger partial charge is 0.335 e. The van der Waals surface area contributed by atoms with Gasteiger partial charge in [0.15, 0.2) is 0 Å². The van der Waals surface area contributed by atoms with E-state index in [4.69, 9.17) is 18.9 Å². The van der Waals surface area contributed by atoms with Crippen LogP contribution in [0, 0.1) is 6.92 Å². The summed E-state index contributed by atoms with van der Waals surface area (Å²) >= 11 is 0. The molecule has 3 aromatic rings. The lowest BCUT2D eigenvalue weighted by molar-refractivity contribution is -0.158.